The first-order valence-corrected chi connectivity index (χ1v) is 5.58. The molecular formula is C12H20N2O. The van der Waals surface area contributed by atoms with E-state index in [4.69, 9.17) is 0 Å². The van der Waals surface area contributed by atoms with Gasteiger partial charge < -0.3 is 9.88 Å². The van der Waals surface area contributed by atoms with Crippen molar-refractivity contribution in [2.75, 3.05) is 6.54 Å². The van der Waals surface area contributed by atoms with Crippen LogP contribution in [0.2, 0.25) is 0 Å². The summed E-state index contributed by atoms with van der Waals surface area (Å²) in [6.45, 7) is 7.77. The number of aromatic nitrogens is 1. The fourth-order valence-electron chi connectivity index (χ4n) is 1.66. The predicted octanol–water partition coefficient (Wildman–Crippen LogP) is 1.54. The first kappa shape index (κ1) is 12.0. The predicted molar refractivity (Wildman–Crippen MR) is 63.2 cm³/mol. The second-order valence-electron chi connectivity index (χ2n) is 3.81. The van der Waals surface area contributed by atoms with Crippen molar-refractivity contribution in [1.29, 1.82) is 0 Å². The SMILES string of the molecule is CCNC(CC)Cn1cccc(C)c1=O. The monoisotopic (exact) mass is 208 g/mol. The van der Waals surface area contributed by atoms with E-state index in [0.29, 0.717) is 6.04 Å². The van der Waals surface area contributed by atoms with Crippen LogP contribution in [0.3, 0.4) is 0 Å². The lowest BCUT2D eigenvalue weighted by molar-refractivity contribution is 0.439. The number of aryl methyl sites for hydroxylation is 1. The molecule has 0 aliphatic carbocycles. The van der Waals surface area contributed by atoms with E-state index in [1.54, 1.807) is 4.57 Å². The second-order valence-corrected chi connectivity index (χ2v) is 3.81. The number of hydrogen-bond acceptors (Lipinski definition) is 2. The van der Waals surface area contributed by atoms with Crippen molar-refractivity contribution in [1.82, 2.24) is 9.88 Å². The van der Waals surface area contributed by atoms with Gasteiger partial charge >= 0.3 is 0 Å². The average molecular weight is 208 g/mol. The number of likely N-dealkylation sites (N-methyl/N-ethyl adjacent to an activating group) is 1. The van der Waals surface area contributed by atoms with Gasteiger partial charge in [-0.1, -0.05) is 19.9 Å². The van der Waals surface area contributed by atoms with Crippen LogP contribution in [-0.2, 0) is 6.54 Å². The van der Waals surface area contributed by atoms with Crippen molar-refractivity contribution in [2.45, 2.75) is 39.8 Å². The number of rotatable bonds is 5. The molecular weight excluding hydrogens is 188 g/mol. The Labute approximate surface area is 91.1 Å². The first-order valence-electron chi connectivity index (χ1n) is 5.58. The lowest BCUT2D eigenvalue weighted by atomic mass is 10.2. The minimum Gasteiger partial charge on any atom is -0.314 e. The van der Waals surface area contributed by atoms with Gasteiger partial charge in [-0.05, 0) is 26.0 Å². The summed E-state index contributed by atoms with van der Waals surface area (Å²) in [7, 11) is 0. The molecule has 1 rings (SSSR count). The van der Waals surface area contributed by atoms with Gasteiger partial charge in [-0.25, -0.2) is 0 Å². The highest BCUT2D eigenvalue weighted by Gasteiger charge is 2.06. The van der Waals surface area contributed by atoms with Gasteiger partial charge in [0.1, 0.15) is 0 Å². The van der Waals surface area contributed by atoms with E-state index in [9.17, 15) is 4.79 Å². The van der Waals surface area contributed by atoms with Crippen LogP contribution in [0.1, 0.15) is 25.8 Å². The van der Waals surface area contributed by atoms with Gasteiger partial charge in [0, 0.05) is 24.3 Å². The number of nitrogens with one attached hydrogen (secondary N) is 1. The largest absolute Gasteiger partial charge is 0.314 e. The molecule has 3 heteroatoms. The van der Waals surface area contributed by atoms with Crippen molar-refractivity contribution in [2.24, 2.45) is 0 Å². The third kappa shape index (κ3) is 3.20. The Morgan fingerprint density at radius 3 is 2.80 bits per heavy atom. The smallest absolute Gasteiger partial charge is 0.253 e. The van der Waals surface area contributed by atoms with Crippen LogP contribution in [0.4, 0.5) is 0 Å². The molecule has 0 amide bonds. The Kier molecular flexibility index (Phi) is 4.56. The van der Waals surface area contributed by atoms with Crippen LogP contribution in [0.5, 0.6) is 0 Å². The second kappa shape index (κ2) is 5.71. The van der Waals surface area contributed by atoms with Crippen molar-refractivity contribution in [3.05, 3.63) is 34.2 Å². The van der Waals surface area contributed by atoms with Crippen molar-refractivity contribution < 1.29 is 0 Å². The minimum absolute atomic E-state index is 0.119. The van der Waals surface area contributed by atoms with Crippen LogP contribution in [-0.4, -0.2) is 17.2 Å². The van der Waals surface area contributed by atoms with Gasteiger partial charge in [-0.3, -0.25) is 4.79 Å². The van der Waals surface area contributed by atoms with E-state index in [0.717, 1.165) is 25.1 Å². The summed E-state index contributed by atoms with van der Waals surface area (Å²) in [6.07, 6.45) is 2.89. The zero-order valence-electron chi connectivity index (χ0n) is 9.79. The topological polar surface area (TPSA) is 34.0 Å². The maximum absolute atomic E-state index is 11.8. The summed E-state index contributed by atoms with van der Waals surface area (Å²) in [5, 5.41) is 3.37. The minimum atomic E-state index is 0.119. The number of pyridine rings is 1. The van der Waals surface area contributed by atoms with Gasteiger partial charge in [0.05, 0.1) is 0 Å². The highest BCUT2D eigenvalue weighted by atomic mass is 16.1. The summed E-state index contributed by atoms with van der Waals surface area (Å²) in [5.41, 5.74) is 0.928. The van der Waals surface area contributed by atoms with Crippen molar-refractivity contribution >= 4 is 0 Å². The molecule has 3 nitrogen and oxygen atoms in total. The summed E-state index contributed by atoms with van der Waals surface area (Å²) >= 11 is 0. The molecule has 0 radical (unpaired) electrons. The van der Waals surface area contributed by atoms with Crippen LogP contribution < -0.4 is 10.9 Å². The summed E-state index contributed by atoms with van der Waals surface area (Å²) in [6, 6.07) is 4.16. The van der Waals surface area contributed by atoms with Crippen LogP contribution in [0.25, 0.3) is 0 Å². The van der Waals surface area contributed by atoms with Crippen molar-refractivity contribution in [3.8, 4) is 0 Å². The lowest BCUT2D eigenvalue weighted by Crippen LogP contribution is -2.36. The first-order chi connectivity index (χ1) is 7.19. The molecule has 1 N–H and O–H groups in total. The Bertz CT molecular complexity index is 357. The Morgan fingerprint density at radius 2 is 2.20 bits per heavy atom. The van der Waals surface area contributed by atoms with Crippen molar-refractivity contribution in [3.63, 3.8) is 0 Å². The number of nitrogens with zero attached hydrogens (tertiary/aromatic N) is 1. The fraction of sp³-hybridized carbons (Fsp3) is 0.583. The molecule has 0 spiro atoms. The molecule has 0 fully saturated rings. The lowest BCUT2D eigenvalue weighted by Gasteiger charge is -2.17. The van der Waals surface area contributed by atoms with E-state index in [-0.39, 0.29) is 5.56 Å². The molecule has 1 aromatic heterocycles. The third-order valence-corrected chi connectivity index (χ3v) is 2.61. The molecule has 0 aliphatic rings. The van der Waals surface area contributed by atoms with Gasteiger partial charge in [0.2, 0.25) is 0 Å². The zero-order valence-corrected chi connectivity index (χ0v) is 9.79. The normalized spacial score (nSPS) is 12.7. The van der Waals surface area contributed by atoms with Crippen LogP contribution >= 0.6 is 0 Å². The quantitative estimate of drug-likeness (QED) is 0.796. The Hall–Kier alpha value is -1.09. The highest BCUT2D eigenvalue weighted by Crippen LogP contribution is 1.96. The average Bonchev–Trinajstić information content (AvgIpc) is 2.24. The van der Waals surface area contributed by atoms with Gasteiger partial charge in [-0.15, -0.1) is 0 Å². The Balaban J connectivity index is 2.79. The number of hydrogen-bond donors (Lipinski definition) is 1. The Morgan fingerprint density at radius 1 is 1.47 bits per heavy atom. The van der Waals surface area contributed by atoms with E-state index < -0.39 is 0 Å². The molecule has 0 saturated carbocycles. The molecule has 84 valence electrons. The standard InChI is InChI=1S/C12H20N2O/c1-4-11(13-5-2)9-14-8-6-7-10(3)12(14)15/h6-8,11,13H,4-5,9H2,1-3H3. The molecule has 15 heavy (non-hydrogen) atoms. The van der Waals surface area contributed by atoms with E-state index in [2.05, 4.69) is 19.2 Å². The molecule has 1 atom stereocenters. The summed E-state index contributed by atoms with van der Waals surface area (Å²) < 4.78 is 1.78. The molecule has 1 unspecified atom stereocenters. The van der Waals surface area contributed by atoms with E-state index in [1.807, 2.05) is 25.3 Å². The van der Waals surface area contributed by atoms with E-state index in [1.165, 1.54) is 0 Å². The highest BCUT2D eigenvalue weighted by molar-refractivity contribution is 5.07. The maximum atomic E-state index is 11.8. The van der Waals surface area contributed by atoms with Gasteiger partial charge in [-0.2, -0.15) is 0 Å². The molecule has 1 heterocycles. The van der Waals surface area contributed by atoms with Crippen LogP contribution in [0.15, 0.2) is 23.1 Å². The molecule has 0 saturated heterocycles. The maximum Gasteiger partial charge on any atom is 0.253 e. The third-order valence-electron chi connectivity index (χ3n) is 2.61. The van der Waals surface area contributed by atoms with E-state index >= 15 is 0 Å². The summed E-state index contributed by atoms with van der Waals surface area (Å²) in [5.74, 6) is 0. The van der Waals surface area contributed by atoms with Gasteiger partial charge in [0.15, 0.2) is 0 Å². The van der Waals surface area contributed by atoms with Crippen LogP contribution in [0, 0.1) is 6.92 Å². The zero-order chi connectivity index (χ0) is 11.3. The molecule has 1 aromatic rings. The summed E-state index contributed by atoms with van der Waals surface area (Å²) in [4.78, 5) is 11.8. The fourth-order valence-corrected chi connectivity index (χ4v) is 1.66. The molecule has 0 bridgehead atoms. The molecule has 0 aliphatic heterocycles. The molecule has 0 aromatic carbocycles. The van der Waals surface area contributed by atoms with Gasteiger partial charge in [0.25, 0.3) is 5.56 Å².